The van der Waals surface area contributed by atoms with Crippen LogP contribution in [0.25, 0.3) is 0 Å². The van der Waals surface area contributed by atoms with Crippen molar-refractivity contribution in [2.75, 3.05) is 13.2 Å². The number of carbonyl (C=O) groups is 3. The van der Waals surface area contributed by atoms with Gasteiger partial charge in [-0.3, -0.25) is 14.4 Å². The molecule has 0 aliphatic carbocycles. The number of ether oxygens (including phenoxy) is 3. The average Bonchev–Trinajstić information content (AvgIpc) is 3.34. The third-order valence-corrected chi connectivity index (χ3v) is 12.8. The molecule has 6 nitrogen and oxygen atoms in total. The third kappa shape index (κ3) is 54.1. The summed E-state index contributed by atoms with van der Waals surface area (Å²) in [7, 11) is 0. The first-order chi connectivity index (χ1) is 33.5. The topological polar surface area (TPSA) is 78.9 Å². The van der Waals surface area contributed by atoms with Crippen molar-refractivity contribution in [2.45, 2.75) is 303 Å². The highest BCUT2D eigenvalue weighted by atomic mass is 16.6. The number of carbonyl (C=O) groups excluding carboxylic acids is 3. The zero-order chi connectivity index (χ0) is 49.3. The molecular weight excluding hydrogens is 841 g/mol. The van der Waals surface area contributed by atoms with Crippen LogP contribution in [0.4, 0.5) is 0 Å². The molecule has 1 unspecified atom stereocenters. The lowest BCUT2D eigenvalue weighted by Crippen LogP contribution is -2.30. The maximum absolute atomic E-state index is 12.8. The summed E-state index contributed by atoms with van der Waals surface area (Å²) in [4.78, 5) is 38.2. The SMILES string of the molecule is CCCCCCCCC/C=C\C=C/CCCCCCCC(=O)OCC(COC(=O)CCCCCCC/C=C\CCCCCCCCC)OC(=O)CCCCC/C=C\C=C/CCCCCCCCC. The highest BCUT2D eigenvalue weighted by Crippen LogP contribution is 2.15. The summed E-state index contributed by atoms with van der Waals surface area (Å²) < 4.78 is 16.8. The van der Waals surface area contributed by atoms with Gasteiger partial charge in [-0.1, -0.05) is 242 Å². The van der Waals surface area contributed by atoms with Gasteiger partial charge in [0.15, 0.2) is 6.10 Å². The smallest absolute Gasteiger partial charge is 0.306 e. The van der Waals surface area contributed by atoms with Crippen molar-refractivity contribution < 1.29 is 28.6 Å². The highest BCUT2D eigenvalue weighted by Gasteiger charge is 2.19. The molecule has 0 saturated carbocycles. The zero-order valence-electron chi connectivity index (χ0n) is 45.1. The van der Waals surface area contributed by atoms with Gasteiger partial charge in [0, 0.05) is 19.3 Å². The molecule has 0 spiro atoms. The largest absolute Gasteiger partial charge is 0.462 e. The molecule has 0 saturated heterocycles. The number of esters is 3. The van der Waals surface area contributed by atoms with Crippen LogP contribution in [0.5, 0.6) is 0 Å². The van der Waals surface area contributed by atoms with E-state index in [1.54, 1.807) is 0 Å². The number of rotatable bonds is 53. The van der Waals surface area contributed by atoms with Gasteiger partial charge in [0.05, 0.1) is 0 Å². The van der Waals surface area contributed by atoms with Crippen LogP contribution in [0.2, 0.25) is 0 Å². The van der Waals surface area contributed by atoms with Crippen molar-refractivity contribution in [3.05, 3.63) is 60.8 Å². The van der Waals surface area contributed by atoms with Crippen LogP contribution < -0.4 is 0 Å². The summed E-state index contributed by atoms with van der Waals surface area (Å²) >= 11 is 0. The maximum atomic E-state index is 12.8. The summed E-state index contributed by atoms with van der Waals surface area (Å²) in [6.07, 6.45) is 70.7. The fourth-order valence-electron chi connectivity index (χ4n) is 8.30. The Hall–Kier alpha value is -2.89. The van der Waals surface area contributed by atoms with Crippen molar-refractivity contribution in [3.8, 4) is 0 Å². The molecule has 0 amide bonds. The predicted octanol–water partition coefficient (Wildman–Crippen LogP) is 19.6. The Morgan fingerprint density at radius 2 is 0.529 bits per heavy atom. The monoisotopic (exact) mass is 951 g/mol. The van der Waals surface area contributed by atoms with E-state index in [4.69, 9.17) is 14.2 Å². The minimum Gasteiger partial charge on any atom is -0.462 e. The summed E-state index contributed by atoms with van der Waals surface area (Å²) in [5.74, 6) is -0.932. The van der Waals surface area contributed by atoms with E-state index in [1.807, 2.05) is 0 Å². The van der Waals surface area contributed by atoms with Gasteiger partial charge in [-0.25, -0.2) is 0 Å². The van der Waals surface area contributed by atoms with Crippen molar-refractivity contribution in [2.24, 2.45) is 0 Å². The van der Waals surface area contributed by atoms with Crippen LogP contribution in [-0.2, 0) is 28.6 Å². The Kier molecular flexibility index (Phi) is 54.3. The molecule has 0 rings (SSSR count). The van der Waals surface area contributed by atoms with Crippen LogP contribution in [0.15, 0.2) is 60.8 Å². The van der Waals surface area contributed by atoms with E-state index in [9.17, 15) is 14.4 Å². The minimum absolute atomic E-state index is 0.0935. The Morgan fingerprint density at radius 1 is 0.294 bits per heavy atom. The number of hydrogen-bond donors (Lipinski definition) is 0. The molecule has 0 aromatic heterocycles. The lowest BCUT2D eigenvalue weighted by Gasteiger charge is -2.18. The first kappa shape index (κ1) is 65.1. The quantitative estimate of drug-likeness (QED) is 0.0199. The van der Waals surface area contributed by atoms with E-state index in [-0.39, 0.29) is 31.1 Å². The normalized spacial score (nSPS) is 12.5. The Labute approximate surface area is 421 Å². The van der Waals surface area contributed by atoms with E-state index >= 15 is 0 Å². The van der Waals surface area contributed by atoms with E-state index in [1.165, 1.54) is 161 Å². The number of hydrogen-bond acceptors (Lipinski definition) is 6. The Balaban J connectivity index is 4.45. The molecule has 0 fully saturated rings. The van der Waals surface area contributed by atoms with Crippen molar-refractivity contribution in [1.29, 1.82) is 0 Å². The van der Waals surface area contributed by atoms with Gasteiger partial charge < -0.3 is 14.2 Å². The van der Waals surface area contributed by atoms with Crippen molar-refractivity contribution in [3.63, 3.8) is 0 Å². The van der Waals surface area contributed by atoms with Crippen LogP contribution >= 0.6 is 0 Å². The lowest BCUT2D eigenvalue weighted by molar-refractivity contribution is -0.167. The molecule has 0 aliphatic rings. The second kappa shape index (κ2) is 56.7. The zero-order valence-corrected chi connectivity index (χ0v) is 45.1. The van der Waals surface area contributed by atoms with Crippen molar-refractivity contribution >= 4 is 17.9 Å². The first-order valence-electron chi connectivity index (χ1n) is 29.3. The van der Waals surface area contributed by atoms with E-state index in [0.717, 1.165) is 96.3 Å². The van der Waals surface area contributed by atoms with Gasteiger partial charge in [0.2, 0.25) is 0 Å². The molecule has 6 heteroatoms. The molecule has 68 heavy (non-hydrogen) atoms. The molecule has 0 radical (unpaired) electrons. The summed E-state index contributed by atoms with van der Waals surface area (Å²) in [6, 6.07) is 0. The van der Waals surface area contributed by atoms with Gasteiger partial charge in [0.1, 0.15) is 13.2 Å². The number of unbranched alkanes of at least 4 members (excludes halogenated alkanes) is 34. The first-order valence-corrected chi connectivity index (χ1v) is 29.3. The standard InChI is InChI=1S/C62H110O6/c1-4-7-10-13-16-19-22-25-28-31-32-35-37-40-43-46-49-52-55-61(64)67-58-59(68-62(65)56-53-50-47-44-41-38-34-30-27-24-21-18-15-12-9-6-3)57-66-60(63)54-51-48-45-42-39-36-33-29-26-23-20-17-14-11-8-5-2/h28-35,38,41,59H,4-27,36-37,39-40,42-58H2,1-3H3/b31-28-,33-29-,34-30-,35-32-,41-38-. The molecular formula is C62H110O6. The van der Waals surface area contributed by atoms with Gasteiger partial charge in [0.25, 0.3) is 0 Å². The van der Waals surface area contributed by atoms with Crippen LogP contribution in [0.3, 0.4) is 0 Å². The van der Waals surface area contributed by atoms with Crippen molar-refractivity contribution in [1.82, 2.24) is 0 Å². The van der Waals surface area contributed by atoms with Crippen LogP contribution in [0.1, 0.15) is 297 Å². The second-order valence-electron chi connectivity index (χ2n) is 19.6. The minimum atomic E-state index is -0.798. The number of allylic oxidation sites excluding steroid dienone is 10. The molecule has 394 valence electrons. The lowest BCUT2D eigenvalue weighted by atomic mass is 10.1. The van der Waals surface area contributed by atoms with Gasteiger partial charge in [-0.15, -0.1) is 0 Å². The highest BCUT2D eigenvalue weighted by molar-refractivity contribution is 5.71. The summed E-state index contributed by atoms with van der Waals surface area (Å²) in [5.41, 5.74) is 0. The van der Waals surface area contributed by atoms with Crippen LogP contribution in [-0.4, -0.2) is 37.2 Å². The molecule has 0 aliphatic heterocycles. The summed E-state index contributed by atoms with van der Waals surface area (Å²) in [5, 5.41) is 0. The Morgan fingerprint density at radius 3 is 0.838 bits per heavy atom. The molecule has 0 aromatic rings. The molecule has 1 atom stereocenters. The molecule has 0 bridgehead atoms. The maximum Gasteiger partial charge on any atom is 0.306 e. The van der Waals surface area contributed by atoms with E-state index in [0.29, 0.717) is 19.3 Å². The molecule has 0 N–H and O–H groups in total. The van der Waals surface area contributed by atoms with Gasteiger partial charge in [-0.05, 0) is 96.3 Å². The molecule has 0 aromatic carbocycles. The van der Waals surface area contributed by atoms with Gasteiger partial charge >= 0.3 is 17.9 Å². The molecule has 0 heterocycles. The van der Waals surface area contributed by atoms with E-state index < -0.39 is 6.10 Å². The summed E-state index contributed by atoms with van der Waals surface area (Å²) in [6.45, 7) is 6.61. The van der Waals surface area contributed by atoms with Crippen LogP contribution in [0, 0.1) is 0 Å². The third-order valence-electron chi connectivity index (χ3n) is 12.8. The fraction of sp³-hybridized carbons (Fsp3) is 0.790. The van der Waals surface area contributed by atoms with E-state index in [2.05, 4.69) is 81.5 Å². The average molecular weight is 952 g/mol. The predicted molar refractivity (Wildman–Crippen MR) is 293 cm³/mol. The van der Waals surface area contributed by atoms with Gasteiger partial charge in [-0.2, -0.15) is 0 Å². The Bertz CT molecular complexity index is 1230. The fourth-order valence-corrected chi connectivity index (χ4v) is 8.30. The second-order valence-corrected chi connectivity index (χ2v) is 19.6.